The molecule has 5 aromatic rings. The Morgan fingerprint density at radius 2 is 1.37 bits per heavy atom. The Morgan fingerprint density at radius 3 is 2.00 bits per heavy atom. The average molecular weight is 480 g/mol. The molecule has 0 saturated carbocycles. The first kappa shape index (κ1) is 22.8. The van der Waals surface area contributed by atoms with Crippen molar-refractivity contribution in [3.8, 4) is 26.9 Å². The highest BCUT2D eigenvalue weighted by Crippen LogP contribution is 2.32. The topological polar surface area (TPSA) is 64.0 Å². The monoisotopic (exact) mass is 479 g/mol. The molecule has 0 aliphatic rings. The lowest BCUT2D eigenvalue weighted by molar-refractivity contribution is 0.239. The second kappa shape index (κ2) is 11.0. The van der Waals surface area contributed by atoms with Crippen LogP contribution >= 0.6 is 11.3 Å². The van der Waals surface area contributed by atoms with Crippen LogP contribution < -0.4 is 4.74 Å². The molecule has 0 radical (unpaired) electrons. The van der Waals surface area contributed by atoms with Gasteiger partial charge in [0.05, 0.1) is 34.8 Å². The van der Waals surface area contributed by atoms with Crippen molar-refractivity contribution in [2.24, 2.45) is 0 Å². The van der Waals surface area contributed by atoms with Gasteiger partial charge in [0, 0.05) is 38.2 Å². The zero-order valence-corrected chi connectivity index (χ0v) is 20.2. The van der Waals surface area contributed by atoms with Gasteiger partial charge >= 0.3 is 0 Å². The molecule has 7 heteroatoms. The summed E-state index contributed by atoms with van der Waals surface area (Å²) in [5, 5.41) is 0.902. The van der Waals surface area contributed by atoms with Crippen LogP contribution in [0.3, 0.4) is 0 Å². The van der Waals surface area contributed by atoms with E-state index in [0.29, 0.717) is 19.6 Å². The van der Waals surface area contributed by atoms with Gasteiger partial charge in [-0.05, 0) is 66.2 Å². The van der Waals surface area contributed by atoms with Crippen molar-refractivity contribution in [3.63, 3.8) is 0 Å². The van der Waals surface area contributed by atoms with Crippen molar-refractivity contribution in [1.82, 2.24) is 24.8 Å². The highest BCUT2D eigenvalue weighted by molar-refractivity contribution is 7.18. The number of hydrogen-bond acceptors (Lipinski definition) is 7. The van der Waals surface area contributed by atoms with E-state index < -0.39 is 0 Å². The van der Waals surface area contributed by atoms with E-state index in [2.05, 4.69) is 25.9 Å². The molecule has 0 atom stereocenters. The van der Waals surface area contributed by atoms with Gasteiger partial charge in [-0.1, -0.05) is 18.2 Å². The van der Waals surface area contributed by atoms with Crippen molar-refractivity contribution in [2.45, 2.75) is 19.6 Å². The third-order valence-electron chi connectivity index (χ3n) is 5.52. The fourth-order valence-corrected chi connectivity index (χ4v) is 4.70. The molecule has 0 bridgehead atoms. The lowest BCUT2D eigenvalue weighted by Gasteiger charge is -2.21. The van der Waals surface area contributed by atoms with Crippen molar-refractivity contribution in [2.75, 3.05) is 7.11 Å². The van der Waals surface area contributed by atoms with Gasteiger partial charge in [-0.15, -0.1) is 11.3 Å². The van der Waals surface area contributed by atoms with Crippen LogP contribution in [0.4, 0.5) is 0 Å². The number of methoxy groups -OCH3 is 1. The van der Waals surface area contributed by atoms with Crippen molar-refractivity contribution < 1.29 is 4.74 Å². The van der Waals surface area contributed by atoms with E-state index >= 15 is 0 Å². The summed E-state index contributed by atoms with van der Waals surface area (Å²) in [4.78, 5) is 22.0. The zero-order valence-electron chi connectivity index (χ0n) is 19.4. The molecule has 0 aliphatic carbocycles. The maximum Gasteiger partial charge on any atom is 0.142 e. The normalized spacial score (nSPS) is 11.0. The summed E-state index contributed by atoms with van der Waals surface area (Å²) in [6.45, 7) is 2.10. The van der Waals surface area contributed by atoms with Crippen LogP contribution in [0.1, 0.15) is 17.1 Å². The summed E-state index contributed by atoms with van der Waals surface area (Å²) in [6.07, 6.45) is 5.57. The van der Waals surface area contributed by atoms with E-state index in [1.165, 1.54) is 0 Å². The molecule has 0 fully saturated rings. The number of hydrogen-bond donors (Lipinski definition) is 0. The number of nitrogens with zero attached hydrogens (tertiary/aromatic N) is 5. The second-order valence-electron chi connectivity index (χ2n) is 8.06. The molecule has 0 unspecified atom stereocenters. The molecule has 0 aliphatic heterocycles. The summed E-state index contributed by atoms with van der Waals surface area (Å²) >= 11 is 1.64. The highest BCUT2D eigenvalue weighted by Gasteiger charge is 2.13. The molecular weight excluding hydrogens is 454 g/mol. The van der Waals surface area contributed by atoms with Gasteiger partial charge in [-0.2, -0.15) is 0 Å². The first-order valence-corrected chi connectivity index (χ1v) is 12.2. The number of pyridine rings is 3. The largest absolute Gasteiger partial charge is 0.497 e. The maximum absolute atomic E-state index is 5.27. The minimum Gasteiger partial charge on any atom is -0.497 e. The predicted molar refractivity (Wildman–Crippen MR) is 139 cm³/mol. The van der Waals surface area contributed by atoms with Crippen LogP contribution in [-0.4, -0.2) is 31.9 Å². The lowest BCUT2D eigenvalue weighted by Crippen LogP contribution is -2.24. The van der Waals surface area contributed by atoms with Crippen molar-refractivity contribution in [1.29, 1.82) is 0 Å². The van der Waals surface area contributed by atoms with E-state index in [9.17, 15) is 0 Å². The van der Waals surface area contributed by atoms with Crippen LogP contribution in [0.25, 0.3) is 21.1 Å². The average Bonchev–Trinajstić information content (AvgIpc) is 3.41. The molecule has 174 valence electrons. The highest BCUT2D eigenvalue weighted by atomic mass is 32.1. The molecule has 4 heterocycles. The standard InChI is InChI=1S/C28H25N5OS/c1-34-25-13-11-21(12-14-25)27-17-31-28(35-27)26-10-6-9-24(32-26)20-33(18-22-7-2-4-15-29-22)19-23-8-3-5-16-30-23/h2-17H,18-20H2,1H3. The van der Waals surface area contributed by atoms with Gasteiger partial charge in [0.2, 0.25) is 0 Å². The molecule has 1 aromatic carbocycles. The minimum atomic E-state index is 0.678. The summed E-state index contributed by atoms with van der Waals surface area (Å²) in [7, 11) is 1.67. The van der Waals surface area contributed by atoms with E-state index in [4.69, 9.17) is 9.72 Å². The number of thiazole rings is 1. The predicted octanol–water partition coefficient (Wildman–Crippen LogP) is 5.87. The molecular formula is C28H25N5OS. The summed E-state index contributed by atoms with van der Waals surface area (Å²) in [6, 6.07) is 26.1. The first-order valence-electron chi connectivity index (χ1n) is 11.4. The van der Waals surface area contributed by atoms with Gasteiger partial charge < -0.3 is 4.74 Å². The van der Waals surface area contributed by atoms with E-state index in [-0.39, 0.29) is 0 Å². The number of rotatable bonds is 9. The fourth-order valence-electron chi connectivity index (χ4n) is 3.81. The maximum atomic E-state index is 5.27. The Labute approximate surface area is 209 Å². The number of ether oxygens (including phenoxy) is 1. The molecule has 4 aromatic heterocycles. The minimum absolute atomic E-state index is 0.678. The summed E-state index contributed by atoms with van der Waals surface area (Å²) < 4.78 is 5.27. The SMILES string of the molecule is COc1ccc(-c2cnc(-c3cccc(CN(Cc4ccccn4)Cc4ccccn4)n3)s2)cc1. The Morgan fingerprint density at radius 1 is 0.714 bits per heavy atom. The third kappa shape index (κ3) is 5.95. The Kier molecular flexibility index (Phi) is 7.17. The summed E-state index contributed by atoms with van der Waals surface area (Å²) in [5.74, 6) is 0.841. The van der Waals surface area contributed by atoms with Crippen molar-refractivity contribution in [3.05, 3.63) is 115 Å². The Bertz CT molecular complexity index is 1320. The lowest BCUT2D eigenvalue weighted by atomic mass is 10.2. The number of aromatic nitrogens is 4. The quantitative estimate of drug-likeness (QED) is 0.263. The van der Waals surface area contributed by atoms with Gasteiger partial charge in [0.1, 0.15) is 10.8 Å². The third-order valence-corrected chi connectivity index (χ3v) is 6.58. The molecule has 5 rings (SSSR count). The summed E-state index contributed by atoms with van der Waals surface area (Å²) in [5.41, 5.74) is 5.01. The zero-order chi connectivity index (χ0) is 23.9. The fraction of sp³-hybridized carbons (Fsp3) is 0.143. The van der Waals surface area contributed by atoms with Crippen LogP contribution in [0, 0.1) is 0 Å². The van der Waals surface area contributed by atoms with Crippen LogP contribution in [-0.2, 0) is 19.6 Å². The molecule has 0 spiro atoms. The second-order valence-corrected chi connectivity index (χ2v) is 9.09. The van der Waals surface area contributed by atoms with E-state index in [1.807, 2.05) is 91.4 Å². The number of benzene rings is 1. The Balaban J connectivity index is 1.36. The molecule has 6 nitrogen and oxygen atoms in total. The molecule has 0 saturated heterocycles. The van der Waals surface area contributed by atoms with E-state index in [1.54, 1.807) is 18.4 Å². The molecule has 0 N–H and O–H groups in total. The van der Waals surface area contributed by atoms with Gasteiger partial charge in [-0.3, -0.25) is 14.9 Å². The van der Waals surface area contributed by atoms with Gasteiger partial charge in [0.25, 0.3) is 0 Å². The molecule has 0 amide bonds. The van der Waals surface area contributed by atoms with Gasteiger partial charge in [0.15, 0.2) is 0 Å². The van der Waals surface area contributed by atoms with E-state index in [0.717, 1.165) is 44.0 Å². The van der Waals surface area contributed by atoms with Crippen LogP contribution in [0.15, 0.2) is 97.5 Å². The smallest absolute Gasteiger partial charge is 0.142 e. The van der Waals surface area contributed by atoms with Gasteiger partial charge in [-0.25, -0.2) is 9.97 Å². The van der Waals surface area contributed by atoms with Crippen LogP contribution in [0.5, 0.6) is 5.75 Å². The molecule has 35 heavy (non-hydrogen) atoms. The Hall–Kier alpha value is -3.94. The van der Waals surface area contributed by atoms with Crippen molar-refractivity contribution >= 4 is 11.3 Å². The first-order chi connectivity index (χ1) is 17.3. The van der Waals surface area contributed by atoms with Crippen LogP contribution in [0.2, 0.25) is 0 Å².